The van der Waals surface area contributed by atoms with Gasteiger partial charge in [-0.05, 0) is 43.2 Å². The van der Waals surface area contributed by atoms with E-state index in [9.17, 15) is 0 Å². The first-order valence-electron chi connectivity index (χ1n) is 4.87. The lowest BCUT2D eigenvalue weighted by atomic mass is 10.2. The van der Waals surface area contributed by atoms with Crippen LogP contribution in [0.5, 0.6) is 5.75 Å². The van der Waals surface area contributed by atoms with Crippen molar-refractivity contribution >= 4 is 0 Å². The lowest BCUT2D eigenvalue weighted by Gasteiger charge is -2.07. The summed E-state index contributed by atoms with van der Waals surface area (Å²) in [6, 6.07) is 6.02. The molecule has 1 aromatic heterocycles. The van der Waals surface area contributed by atoms with Gasteiger partial charge in [0, 0.05) is 6.20 Å². The van der Waals surface area contributed by atoms with Gasteiger partial charge in [-0.2, -0.15) is 5.10 Å². The van der Waals surface area contributed by atoms with Gasteiger partial charge in [0.15, 0.2) is 0 Å². The summed E-state index contributed by atoms with van der Waals surface area (Å²) in [5.41, 5.74) is 3.33. The van der Waals surface area contributed by atoms with Gasteiger partial charge in [-0.15, -0.1) is 0 Å². The molecule has 0 amide bonds. The molecule has 0 aliphatic carbocycles. The Morgan fingerprint density at radius 1 is 1.27 bits per heavy atom. The van der Waals surface area contributed by atoms with E-state index < -0.39 is 0 Å². The van der Waals surface area contributed by atoms with Gasteiger partial charge in [-0.3, -0.25) is 0 Å². The fourth-order valence-corrected chi connectivity index (χ4v) is 1.56. The van der Waals surface area contributed by atoms with Crippen molar-refractivity contribution in [1.29, 1.82) is 0 Å². The molecule has 0 aliphatic rings. The molecule has 0 spiro atoms. The standard InChI is InChI=1S/C12H14N2O/c1-9-7-13-14(8-9)11-4-5-12(15-3)10(2)6-11/h4-8H,1-3H3. The van der Waals surface area contributed by atoms with Crippen LogP contribution in [0, 0.1) is 13.8 Å². The number of methoxy groups -OCH3 is 1. The van der Waals surface area contributed by atoms with E-state index in [1.807, 2.05) is 43.1 Å². The molecule has 15 heavy (non-hydrogen) atoms. The fraction of sp³-hybridized carbons (Fsp3) is 0.250. The van der Waals surface area contributed by atoms with Gasteiger partial charge in [0.1, 0.15) is 5.75 Å². The lowest BCUT2D eigenvalue weighted by Crippen LogP contribution is -1.95. The molecule has 0 bridgehead atoms. The maximum Gasteiger partial charge on any atom is 0.121 e. The van der Waals surface area contributed by atoms with Crippen molar-refractivity contribution in [3.63, 3.8) is 0 Å². The van der Waals surface area contributed by atoms with Crippen molar-refractivity contribution in [2.75, 3.05) is 7.11 Å². The van der Waals surface area contributed by atoms with Crippen molar-refractivity contribution < 1.29 is 4.74 Å². The molecule has 0 saturated heterocycles. The zero-order valence-electron chi connectivity index (χ0n) is 9.19. The summed E-state index contributed by atoms with van der Waals surface area (Å²) in [6.07, 6.45) is 3.85. The highest BCUT2D eigenvalue weighted by Gasteiger charge is 2.02. The maximum atomic E-state index is 5.21. The van der Waals surface area contributed by atoms with Gasteiger partial charge in [0.05, 0.1) is 19.0 Å². The minimum Gasteiger partial charge on any atom is -0.496 e. The molecule has 0 fully saturated rings. The Morgan fingerprint density at radius 2 is 2.07 bits per heavy atom. The van der Waals surface area contributed by atoms with E-state index >= 15 is 0 Å². The molecule has 78 valence electrons. The molecular formula is C12H14N2O. The van der Waals surface area contributed by atoms with Crippen LogP contribution >= 0.6 is 0 Å². The Morgan fingerprint density at radius 3 is 2.60 bits per heavy atom. The van der Waals surface area contributed by atoms with Crippen molar-refractivity contribution in [2.24, 2.45) is 0 Å². The largest absolute Gasteiger partial charge is 0.496 e. The molecule has 1 heterocycles. The van der Waals surface area contributed by atoms with E-state index in [0.717, 1.165) is 22.6 Å². The van der Waals surface area contributed by atoms with Crippen LogP contribution in [0.2, 0.25) is 0 Å². The van der Waals surface area contributed by atoms with Crippen LogP contribution in [0.4, 0.5) is 0 Å². The molecule has 0 saturated carbocycles. The summed E-state index contributed by atoms with van der Waals surface area (Å²) in [5.74, 6) is 0.905. The zero-order chi connectivity index (χ0) is 10.8. The Balaban J connectivity index is 2.42. The molecule has 0 unspecified atom stereocenters. The second-order valence-corrected chi connectivity index (χ2v) is 3.62. The van der Waals surface area contributed by atoms with Gasteiger partial charge >= 0.3 is 0 Å². The van der Waals surface area contributed by atoms with Crippen LogP contribution < -0.4 is 4.74 Å². The van der Waals surface area contributed by atoms with Gasteiger partial charge in [0.2, 0.25) is 0 Å². The van der Waals surface area contributed by atoms with Crippen LogP contribution in [-0.4, -0.2) is 16.9 Å². The summed E-state index contributed by atoms with van der Waals surface area (Å²) in [5, 5.41) is 4.26. The number of aryl methyl sites for hydroxylation is 2. The number of nitrogens with zero attached hydrogens (tertiary/aromatic N) is 2. The minimum absolute atomic E-state index is 0.905. The van der Waals surface area contributed by atoms with Crippen LogP contribution in [0.25, 0.3) is 5.69 Å². The van der Waals surface area contributed by atoms with Crippen molar-refractivity contribution in [1.82, 2.24) is 9.78 Å². The van der Waals surface area contributed by atoms with Crippen LogP contribution in [0.15, 0.2) is 30.6 Å². The van der Waals surface area contributed by atoms with E-state index in [-0.39, 0.29) is 0 Å². The number of benzene rings is 1. The molecule has 0 atom stereocenters. The van der Waals surface area contributed by atoms with Gasteiger partial charge in [-0.25, -0.2) is 4.68 Å². The molecule has 0 radical (unpaired) electrons. The number of rotatable bonds is 2. The fourth-order valence-electron chi connectivity index (χ4n) is 1.56. The van der Waals surface area contributed by atoms with E-state index in [1.165, 1.54) is 0 Å². The molecule has 3 heteroatoms. The lowest BCUT2D eigenvalue weighted by molar-refractivity contribution is 0.411. The SMILES string of the molecule is COc1ccc(-n2cc(C)cn2)cc1C. The molecule has 0 aliphatic heterocycles. The Bertz CT molecular complexity index is 474. The molecule has 1 aromatic carbocycles. The zero-order valence-corrected chi connectivity index (χ0v) is 9.19. The Labute approximate surface area is 89.3 Å². The van der Waals surface area contributed by atoms with Crippen LogP contribution in [0.3, 0.4) is 0 Å². The summed E-state index contributed by atoms with van der Waals surface area (Å²) in [6.45, 7) is 4.05. The first-order chi connectivity index (χ1) is 7.20. The highest BCUT2D eigenvalue weighted by atomic mass is 16.5. The predicted molar refractivity (Wildman–Crippen MR) is 59.6 cm³/mol. The van der Waals surface area contributed by atoms with Crippen molar-refractivity contribution in [3.8, 4) is 11.4 Å². The second-order valence-electron chi connectivity index (χ2n) is 3.62. The van der Waals surface area contributed by atoms with E-state index in [2.05, 4.69) is 11.2 Å². The number of ether oxygens (including phenoxy) is 1. The minimum atomic E-state index is 0.905. The van der Waals surface area contributed by atoms with E-state index in [4.69, 9.17) is 4.74 Å². The third kappa shape index (κ3) is 1.86. The molecule has 3 nitrogen and oxygen atoms in total. The average molecular weight is 202 g/mol. The quantitative estimate of drug-likeness (QED) is 0.748. The van der Waals surface area contributed by atoms with Gasteiger partial charge in [0.25, 0.3) is 0 Å². The first kappa shape index (κ1) is 9.77. The molecular weight excluding hydrogens is 188 g/mol. The Kier molecular flexibility index (Phi) is 2.46. The topological polar surface area (TPSA) is 27.1 Å². The molecule has 0 N–H and O–H groups in total. The van der Waals surface area contributed by atoms with Crippen LogP contribution in [-0.2, 0) is 0 Å². The highest BCUT2D eigenvalue weighted by molar-refractivity contribution is 5.43. The average Bonchev–Trinajstić information content (AvgIpc) is 2.65. The first-order valence-corrected chi connectivity index (χ1v) is 4.87. The summed E-state index contributed by atoms with van der Waals surface area (Å²) in [4.78, 5) is 0. The third-order valence-electron chi connectivity index (χ3n) is 2.35. The summed E-state index contributed by atoms with van der Waals surface area (Å²) in [7, 11) is 1.68. The molecule has 2 rings (SSSR count). The van der Waals surface area contributed by atoms with Crippen molar-refractivity contribution in [2.45, 2.75) is 13.8 Å². The summed E-state index contributed by atoms with van der Waals surface area (Å²) < 4.78 is 7.07. The predicted octanol–water partition coefficient (Wildman–Crippen LogP) is 2.50. The smallest absolute Gasteiger partial charge is 0.121 e. The number of hydrogen-bond donors (Lipinski definition) is 0. The maximum absolute atomic E-state index is 5.21. The third-order valence-corrected chi connectivity index (χ3v) is 2.35. The van der Waals surface area contributed by atoms with E-state index in [1.54, 1.807) is 7.11 Å². The second kappa shape index (κ2) is 3.77. The monoisotopic (exact) mass is 202 g/mol. The van der Waals surface area contributed by atoms with Gasteiger partial charge < -0.3 is 4.74 Å². The number of aromatic nitrogens is 2. The number of hydrogen-bond acceptors (Lipinski definition) is 2. The molecule has 2 aromatic rings. The highest BCUT2D eigenvalue weighted by Crippen LogP contribution is 2.20. The van der Waals surface area contributed by atoms with E-state index in [0.29, 0.717) is 0 Å². The van der Waals surface area contributed by atoms with Crippen molar-refractivity contribution in [3.05, 3.63) is 41.7 Å². The summed E-state index contributed by atoms with van der Waals surface area (Å²) >= 11 is 0. The van der Waals surface area contributed by atoms with Gasteiger partial charge in [-0.1, -0.05) is 0 Å². The normalized spacial score (nSPS) is 10.3. The van der Waals surface area contributed by atoms with Crippen LogP contribution in [0.1, 0.15) is 11.1 Å². The Hall–Kier alpha value is -1.77.